The highest BCUT2D eigenvalue weighted by Crippen LogP contribution is 2.26. The number of rotatable bonds is 11. The highest BCUT2D eigenvalue weighted by atomic mass is 32.2. The van der Waals surface area contributed by atoms with E-state index in [0.717, 1.165) is 54.7 Å². The van der Waals surface area contributed by atoms with Gasteiger partial charge in [-0.05, 0) is 67.5 Å². The first kappa shape index (κ1) is 23.4. The Labute approximate surface area is 190 Å². The van der Waals surface area contributed by atoms with Crippen molar-refractivity contribution in [3.05, 3.63) is 36.4 Å². The van der Waals surface area contributed by atoms with Gasteiger partial charge in [-0.3, -0.25) is 4.57 Å². The molecule has 0 unspecified atom stereocenters. The number of nitrogens with one attached hydrogen (secondary N) is 1. The van der Waals surface area contributed by atoms with Crippen LogP contribution >= 0.6 is 11.8 Å². The van der Waals surface area contributed by atoms with Gasteiger partial charge < -0.3 is 16.0 Å². The lowest BCUT2D eigenvalue weighted by Gasteiger charge is -2.27. The van der Waals surface area contributed by atoms with Crippen molar-refractivity contribution in [3.63, 3.8) is 0 Å². The van der Waals surface area contributed by atoms with Gasteiger partial charge in [0.25, 0.3) is 0 Å². The minimum absolute atomic E-state index is 0.569. The Morgan fingerprint density at radius 3 is 2.26 bits per heavy atom. The second-order valence-electron chi connectivity index (χ2n) is 8.79. The van der Waals surface area contributed by atoms with Crippen molar-refractivity contribution in [3.8, 4) is 0 Å². The van der Waals surface area contributed by atoms with E-state index in [9.17, 15) is 0 Å². The molecule has 0 amide bonds. The van der Waals surface area contributed by atoms with Crippen molar-refractivity contribution < 1.29 is 0 Å². The van der Waals surface area contributed by atoms with E-state index in [2.05, 4.69) is 85.1 Å². The molecule has 0 radical (unpaired) electrons. The summed E-state index contributed by atoms with van der Waals surface area (Å²) in [5.74, 6) is 2.96. The molecule has 0 saturated carbocycles. The van der Waals surface area contributed by atoms with Gasteiger partial charge in [-0.15, -0.1) is 11.8 Å². The van der Waals surface area contributed by atoms with Gasteiger partial charge in [0.15, 0.2) is 5.65 Å². The fraction of sp³-hybridized carbons (Fsp3) is 0.500. The predicted molar refractivity (Wildman–Crippen MR) is 135 cm³/mol. The first-order chi connectivity index (χ1) is 14.9. The van der Waals surface area contributed by atoms with E-state index < -0.39 is 0 Å². The van der Waals surface area contributed by atoms with Gasteiger partial charge in [-0.25, -0.2) is 9.97 Å². The molecule has 6 nitrogen and oxygen atoms in total. The summed E-state index contributed by atoms with van der Waals surface area (Å²) in [5, 5.41) is 3.48. The van der Waals surface area contributed by atoms with E-state index in [1.807, 2.05) is 0 Å². The molecule has 3 aromatic rings. The fourth-order valence-corrected chi connectivity index (χ4v) is 4.08. The first-order valence-corrected chi connectivity index (χ1v) is 12.4. The maximum Gasteiger partial charge on any atom is 0.209 e. The zero-order valence-corrected chi connectivity index (χ0v) is 20.2. The highest BCUT2D eigenvalue weighted by Gasteiger charge is 2.17. The standard InChI is InChI=1S/C24H36N6S/c1-17(2)15-29(16-18(3)4)22-12-11-21-23(28-22)30(14-6-13-25)24(27-21)26-19-7-9-20(31-5)10-8-19/h7-12,17-18H,6,13-16,25H2,1-5H3,(H,26,27). The van der Waals surface area contributed by atoms with Gasteiger partial charge in [-0.2, -0.15) is 0 Å². The molecule has 3 N–H and O–H groups in total. The molecule has 0 bridgehead atoms. The third kappa shape index (κ3) is 6.14. The number of aromatic nitrogens is 3. The van der Waals surface area contributed by atoms with Gasteiger partial charge >= 0.3 is 0 Å². The van der Waals surface area contributed by atoms with E-state index in [1.165, 1.54) is 4.90 Å². The molecule has 1 aromatic carbocycles. The average Bonchev–Trinajstić information content (AvgIpc) is 3.07. The van der Waals surface area contributed by atoms with E-state index in [-0.39, 0.29) is 0 Å². The smallest absolute Gasteiger partial charge is 0.209 e. The maximum absolute atomic E-state index is 5.83. The van der Waals surface area contributed by atoms with Crippen LogP contribution < -0.4 is 16.0 Å². The number of pyridine rings is 1. The van der Waals surface area contributed by atoms with Crippen LogP contribution in [0.15, 0.2) is 41.3 Å². The van der Waals surface area contributed by atoms with Crippen LogP contribution in [0, 0.1) is 11.8 Å². The van der Waals surface area contributed by atoms with Crippen molar-refractivity contribution in [1.29, 1.82) is 0 Å². The molecule has 0 spiro atoms. The maximum atomic E-state index is 5.83. The predicted octanol–water partition coefficient (Wildman–Crippen LogP) is 5.36. The van der Waals surface area contributed by atoms with Crippen molar-refractivity contribution in [1.82, 2.24) is 14.5 Å². The quantitative estimate of drug-likeness (QED) is 0.391. The summed E-state index contributed by atoms with van der Waals surface area (Å²) < 4.78 is 2.16. The Hall–Kier alpha value is -2.25. The Morgan fingerprint density at radius 1 is 1.00 bits per heavy atom. The van der Waals surface area contributed by atoms with Crippen LogP contribution in [-0.2, 0) is 6.54 Å². The minimum Gasteiger partial charge on any atom is -0.356 e. The van der Waals surface area contributed by atoms with Crippen molar-refractivity contribution in [2.75, 3.05) is 36.1 Å². The summed E-state index contributed by atoms with van der Waals surface area (Å²) in [6.07, 6.45) is 2.96. The molecule has 0 aliphatic carbocycles. The zero-order chi connectivity index (χ0) is 22.4. The number of hydrogen-bond acceptors (Lipinski definition) is 6. The number of hydrogen-bond donors (Lipinski definition) is 2. The van der Waals surface area contributed by atoms with Gasteiger partial charge in [0.2, 0.25) is 5.95 Å². The molecule has 7 heteroatoms. The Kier molecular flexibility index (Phi) is 8.21. The van der Waals surface area contributed by atoms with Crippen LogP contribution in [0.2, 0.25) is 0 Å². The van der Waals surface area contributed by atoms with E-state index in [0.29, 0.717) is 18.4 Å². The summed E-state index contributed by atoms with van der Waals surface area (Å²) in [4.78, 5) is 13.5. The number of imidazole rings is 1. The molecule has 0 atom stereocenters. The lowest BCUT2D eigenvalue weighted by molar-refractivity contribution is 0.549. The topological polar surface area (TPSA) is 72.0 Å². The van der Waals surface area contributed by atoms with Gasteiger partial charge in [0.05, 0.1) is 0 Å². The fourth-order valence-electron chi connectivity index (χ4n) is 3.67. The number of anilines is 3. The monoisotopic (exact) mass is 440 g/mol. The second-order valence-corrected chi connectivity index (χ2v) is 9.67. The second kappa shape index (κ2) is 10.9. The summed E-state index contributed by atoms with van der Waals surface area (Å²) in [6, 6.07) is 12.6. The lowest BCUT2D eigenvalue weighted by Crippen LogP contribution is -2.32. The minimum atomic E-state index is 0.569. The molecule has 3 rings (SSSR count). The normalized spacial score (nSPS) is 11.6. The van der Waals surface area contributed by atoms with Gasteiger partial charge in [0.1, 0.15) is 11.3 Å². The lowest BCUT2D eigenvalue weighted by atomic mass is 10.1. The molecule has 0 aliphatic heterocycles. The first-order valence-electron chi connectivity index (χ1n) is 11.1. The molecule has 168 valence electrons. The Balaban J connectivity index is 1.98. The van der Waals surface area contributed by atoms with Crippen LogP contribution in [0.25, 0.3) is 11.2 Å². The van der Waals surface area contributed by atoms with E-state index in [1.54, 1.807) is 11.8 Å². The van der Waals surface area contributed by atoms with Crippen LogP contribution in [0.4, 0.5) is 17.5 Å². The molecule has 2 heterocycles. The van der Waals surface area contributed by atoms with Crippen LogP contribution in [0.1, 0.15) is 34.1 Å². The summed E-state index contributed by atoms with van der Waals surface area (Å²) in [6.45, 7) is 12.4. The highest BCUT2D eigenvalue weighted by molar-refractivity contribution is 7.98. The van der Waals surface area contributed by atoms with E-state index in [4.69, 9.17) is 15.7 Å². The Morgan fingerprint density at radius 2 is 1.68 bits per heavy atom. The summed E-state index contributed by atoms with van der Waals surface area (Å²) in [5.41, 5.74) is 8.65. The third-order valence-electron chi connectivity index (χ3n) is 5.00. The van der Waals surface area contributed by atoms with Crippen LogP contribution in [0.5, 0.6) is 0 Å². The number of nitrogens with zero attached hydrogens (tertiary/aromatic N) is 4. The number of benzene rings is 1. The average molecular weight is 441 g/mol. The van der Waals surface area contributed by atoms with Crippen LogP contribution in [-0.4, -0.2) is 40.4 Å². The number of aryl methyl sites for hydroxylation is 1. The third-order valence-corrected chi connectivity index (χ3v) is 5.75. The zero-order valence-electron chi connectivity index (χ0n) is 19.4. The number of nitrogens with two attached hydrogens (primary N) is 1. The number of fused-ring (bicyclic) bond motifs is 1. The van der Waals surface area contributed by atoms with Crippen LogP contribution in [0.3, 0.4) is 0 Å². The molecular formula is C24H36N6S. The molecule has 0 saturated heterocycles. The van der Waals surface area contributed by atoms with Gasteiger partial charge in [-0.1, -0.05) is 27.7 Å². The van der Waals surface area contributed by atoms with Crippen molar-refractivity contribution >= 4 is 40.4 Å². The van der Waals surface area contributed by atoms with Crippen molar-refractivity contribution in [2.45, 2.75) is 45.6 Å². The number of thioether (sulfide) groups is 1. The molecular weight excluding hydrogens is 404 g/mol. The van der Waals surface area contributed by atoms with E-state index >= 15 is 0 Å². The Bertz CT molecular complexity index is 954. The molecule has 31 heavy (non-hydrogen) atoms. The van der Waals surface area contributed by atoms with Crippen molar-refractivity contribution in [2.24, 2.45) is 17.6 Å². The van der Waals surface area contributed by atoms with Gasteiger partial charge in [0, 0.05) is 30.2 Å². The summed E-state index contributed by atoms with van der Waals surface area (Å²) >= 11 is 1.74. The molecule has 2 aromatic heterocycles. The molecule has 0 aliphatic rings. The SMILES string of the molecule is CSc1ccc(Nc2nc3ccc(N(CC(C)C)CC(C)C)nc3n2CCCN)cc1. The summed E-state index contributed by atoms with van der Waals surface area (Å²) in [7, 11) is 0. The largest absolute Gasteiger partial charge is 0.356 e. The molecule has 0 fully saturated rings.